The quantitative estimate of drug-likeness (QED) is 0.276. The van der Waals surface area contributed by atoms with Crippen LogP contribution in [0.1, 0.15) is 34.1 Å². The molecule has 4 nitrogen and oxygen atoms in total. The van der Waals surface area contributed by atoms with E-state index in [4.69, 9.17) is 9.47 Å². The zero-order valence-corrected chi connectivity index (χ0v) is 10.6. The van der Waals surface area contributed by atoms with Crippen LogP contribution in [0, 0.1) is 11.3 Å². The molecule has 0 amide bonds. The second-order valence-corrected chi connectivity index (χ2v) is 4.47. The SMILES string of the molecule is CCOCCOC(=O)C(C)(C=O)CC(C)C. The van der Waals surface area contributed by atoms with Gasteiger partial charge in [-0.05, 0) is 26.2 Å². The van der Waals surface area contributed by atoms with E-state index in [9.17, 15) is 9.59 Å². The van der Waals surface area contributed by atoms with Gasteiger partial charge in [0, 0.05) is 6.61 Å². The number of hydrogen-bond acceptors (Lipinski definition) is 4. The Morgan fingerprint density at radius 1 is 1.38 bits per heavy atom. The highest BCUT2D eigenvalue weighted by molar-refractivity contribution is 5.92. The highest BCUT2D eigenvalue weighted by Gasteiger charge is 2.35. The Labute approximate surface area is 97.3 Å². The molecule has 0 aromatic heterocycles. The fourth-order valence-corrected chi connectivity index (χ4v) is 1.53. The molecule has 0 heterocycles. The maximum absolute atomic E-state index is 11.7. The minimum absolute atomic E-state index is 0.203. The fourth-order valence-electron chi connectivity index (χ4n) is 1.53. The Morgan fingerprint density at radius 3 is 2.44 bits per heavy atom. The Balaban J connectivity index is 4.14. The molecule has 0 radical (unpaired) electrons. The third kappa shape index (κ3) is 5.26. The van der Waals surface area contributed by atoms with Crippen LogP contribution in [0.25, 0.3) is 0 Å². The predicted molar refractivity (Wildman–Crippen MR) is 61.1 cm³/mol. The van der Waals surface area contributed by atoms with E-state index < -0.39 is 11.4 Å². The van der Waals surface area contributed by atoms with Gasteiger partial charge in [-0.2, -0.15) is 0 Å². The molecule has 0 N–H and O–H groups in total. The fraction of sp³-hybridized carbons (Fsp3) is 0.833. The maximum Gasteiger partial charge on any atom is 0.319 e. The summed E-state index contributed by atoms with van der Waals surface area (Å²) in [6.07, 6.45) is 1.18. The molecule has 0 bridgehead atoms. The summed E-state index contributed by atoms with van der Waals surface area (Å²) >= 11 is 0. The smallest absolute Gasteiger partial charge is 0.319 e. The van der Waals surface area contributed by atoms with Crippen molar-refractivity contribution in [1.82, 2.24) is 0 Å². The summed E-state index contributed by atoms with van der Waals surface area (Å²) in [5.74, 6) is -0.189. The van der Waals surface area contributed by atoms with E-state index in [1.165, 1.54) is 0 Å². The standard InChI is InChI=1S/C12H22O4/c1-5-15-6-7-16-11(14)12(4,9-13)8-10(2)3/h9-10H,5-8H2,1-4H3. The molecule has 0 saturated carbocycles. The van der Waals surface area contributed by atoms with Gasteiger partial charge in [-0.3, -0.25) is 4.79 Å². The van der Waals surface area contributed by atoms with Crippen LogP contribution < -0.4 is 0 Å². The van der Waals surface area contributed by atoms with Crippen molar-refractivity contribution in [3.05, 3.63) is 0 Å². The van der Waals surface area contributed by atoms with Gasteiger partial charge in [0.25, 0.3) is 0 Å². The minimum Gasteiger partial charge on any atom is -0.463 e. The van der Waals surface area contributed by atoms with Crippen molar-refractivity contribution >= 4 is 12.3 Å². The molecule has 0 aliphatic carbocycles. The van der Waals surface area contributed by atoms with Gasteiger partial charge in [0.1, 0.15) is 18.3 Å². The summed E-state index contributed by atoms with van der Waals surface area (Å²) in [5.41, 5.74) is -1.03. The van der Waals surface area contributed by atoms with Crippen molar-refractivity contribution in [2.75, 3.05) is 19.8 Å². The molecular weight excluding hydrogens is 208 g/mol. The molecule has 4 heteroatoms. The van der Waals surface area contributed by atoms with Gasteiger partial charge in [-0.1, -0.05) is 13.8 Å². The number of hydrogen-bond donors (Lipinski definition) is 0. The van der Waals surface area contributed by atoms with Gasteiger partial charge >= 0.3 is 5.97 Å². The first-order valence-corrected chi connectivity index (χ1v) is 5.67. The second-order valence-electron chi connectivity index (χ2n) is 4.47. The van der Waals surface area contributed by atoms with E-state index in [0.717, 1.165) is 0 Å². The summed E-state index contributed by atoms with van der Waals surface area (Å²) in [4.78, 5) is 22.6. The van der Waals surface area contributed by atoms with Crippen molar-refractivity contribution < 1.29 is 19.1 Å². The van der Waals surface area contributed by atoms with Gasteiger partial charge in [-0.15, -0.1) is 0 Å². The molecule has 0 fully saturated rings. The molecule has 0 aliphatic rings. The van der Waals surface area contributed by atoms with E-state index >= 15 is 0 Å². The molecule has 0 spiro atoms. The maximum atomic E-state index is 11.7. The topological polar surface area (TPSA) is 52.6 Å². The van der Waals surface area contributed by atoms with E-state index in [2.05, 4.69) is 0 Å². The Hall–Kier alpha value is -0.900. The number of aldehydes is 1. The molecule has 0 aromatic carbocycles. The van der Waals surface area contributed by atoms with Crippen LogP contribution in [-0.2, 0) is 19.1 Å². The monoisotopic (exact) mass is 230 g/mol. The molecule has 0 aliphatic heterocycles. The zero-order valence-electron chi connectivity index (χ0n) is 10.6. The van der Waals surface area contributed by atoms with Gasteiger partial charge in [0.05, 0.1) is 6.61 Å². The molecule has 0 rings (SSSR count). The highest BCUT2D eigenvalue weighted by atomic mass is 16.6. The first-order chi connectivity index (χ1) is 7.46. The Kier molecular flexibility index (Phi) is 6.97. The van der Waals surface area contributed by atoms with Crippen LogP contribution in [0.2, 0.25) is 0 Å². The Bertz CT molecular complexity index is 225. The first-order valence-electron chi connectivity index (χ1n) is 5.67. The van der Waals surface area contributed by atoms with E-state index in [1.807, 2.05) is 20.8 Å². The molecule has 94 valence electrons. The zero-order chi connectivity index (χ0) is 12.6. The summed E-state index contributed by atoms with van der Waals surface area (Å²) in [6, 6.07) is 0. The number of ether oxygens (including phenoxy) is 2. The van der Waals surface area contributed by atoms with Crippen LogP contribution in [0.15, 0.2) is 0 Å². The largest absolute Gasteiger partial charge is 0.463 e. The molecule has 1 atom stereocenters. The van der Waals surface area contributed by atoms with Gasteiger partial charge in [-0.25, -0.2) is 0 Å². The first kappa shape index (κ1) is 15.1. The highest BCUT2D eigenvalue weighted by Crippen LogP contribution is 2.25. The van der Waals surface area contributed by atoms with Crippen molar-refractivity contribution in [1.29, 1.82) is 0 Å². The summed E-state index contributed by atoms with van der Waals surface area (Å²) < 4.78 is 10.1. The summed E-state index contributed by atoms with van der Waals surface area (Å²) in [5, 5.41) is 0. The Morgan fingerprint density at radius 2 is 2.00 bits per heavy atom. The third-order valence-corrected chi connectivity index (χ3v) is 2.22. The molecule has 0 aromatic rings. The lowest BCUT2D eigenvalue weighted by molar-refractivity contribution is -0.158. The lowest BCUT2D eigenvalue weighted by Gasteiger charge is -2.22. The average Bonchev–Trinajstić information content (AvgIpc) is 2.23. The van der Waals surface area contributed by atoms with E-state index in [0.29, 0.717) is 25.9 Å². The molecule has 0 saturated heterocycles. The van der Waals surface area contributed by atoms with Crippen molar-refractivity contribution in [2.45, 2.75) is 34.1 Å². The third-order valence-electron chi connectivity index (χ3n) is 2.22. The van der Waals surface area contributed by atoms with Crippen LogP contribution >= 0.6 is 0 Å². The molecular formula is C12H22O4. The normalized spacial score (nSPS) is 14.6. The molecule has 1 unspecified atom stereocenters. The second kappa shape index (κ2) is 7.39. The van der Waals surface area contributed by atoms with Crippen LogP contribution in [0.3, 0.4) is 0 Å². The van der Waals surface area contributed by atoms with Gasteiger partial charge in [0.15, 0.2) is 0 Å². The molecule has 16 heavy (non-hydrogen) atoms. The summed E-state index contributed by atoms with van der Waals surface area (Å²) in [6.45, 7) is 8.59. The van der Waals surface area contributed by atoms with E-state index in [-0.39, 0.29) is 12.5 Å². The number of esters is 1. The average molecular weight is 230 g/mol. The van der Waals surface area contributed by atoms with Crippen LogP contribution in [0.4, 0.5) is 0 Å². The van der Waals surface area contributed by atoms with Crippen molar-refractivity contribution in [3.8, 4) is 0 Å². The number of rotatable bonds is 8. The predicted octanol–water partition coefficient (Wildman–Crippen LogP) is 1.82. The number of carbonyl (C=O) groups excluding carboxylic acids is 2. The van der Waals surface area contributed by atoms with Crippen molar-refractivity contribution in [3.63, 3.8) is 0 Å². The van der Waals surface area contributed by atoms with Gasteiger partial charge < -0.3 is 14.3 Å². The van der Waals surface area contributed by atoms with Gasteiger partial charge in [0.2, 0.25) is 0 Å². The minimum atomic E-state index is -1.03. The summed E-state index contributed by atoms with van der Waals surface area (Å²) in [7, 11) is 0. The lowest BCUT2D eigenvalue weighted by Crippen LogP contribution is -2.33. The van der Waals surface area contributed by atoms with Crippen LogP contribution in [0.5, 0.6) is 0 Å². The lowest BCUT2D eigenvalue weighted by atomic mass is 9.83. The van der Waals surface area contributed by atoms with Crippen LogP contribution in [-0.4, -0.2) is 32.1 Å². The van der Waals surface area contributed by atoms with E-state index in [1.54, 1.807) is 6.92 Å². The number of carbonyl (C=O) groups is 2. The van der Waals surface area contributed by atoms with Crippen molar-refractivity contribution in [2.24, 2.45) is 11.3 Å².